The maximum absolute atomic E-state index is 13.3. The first kappa shape index (κ1) is 24.3. The van der Waals surface area contributed by atoms with Gasteiger partial charge in [-0.1, -0.05) is 19.1 Å². The van der Waals surface area contributed by atoms with E-state index >= 15 is 0 Å². The van der Waals surface area contributed by atoms with Gasteiger partial charge in [0, 0.05) is 42.4 Å². The first-order chi connectivity index (χ1) is 16.5. The molecule has 5 nitrogen and oxygen atoms in total. The molecule has 0 N–H and O–H groups in total. The molecule has 0 saturated carbocycles. The van der Waals surface area contributed by atoms with Crippen LogP contribution in [0.15, 0.2) is 59.3 Å². The Kier molecular flexibility index (Phi) is 6.56. The van der Waals surface area contributed by atoms with Crippen LogP contribution in [0, 0.1) is 20.8 Å². The fourth-order valence-corrected chi connectivity index (χ4v) is 3.88. The lowest BCUT2D eigenvalue weighted by Crippen LogP contribution is -2.10. The van der Waals surface area contributed by atoms with Gasteiger partial charge in [0.15, 0.2) is 17.4 Å². The smallest absolute Gasteiger partial charge is 0.433 e. The van der Waals surface area contributed by atoms with E-state index in [0.717, 1.165) is 17.2 Å². The van der Waals surface area contributed by atoms with Crippen LogP contribution in [0.25, 0.3) is 22.6 Å². The molecule has 3 heterocycles. The lowest BCUT2D eigenvalue weighted by molar-refractivity contribution is -0.141. The number of carbonyl (C=O) groups is 1. The predicted molar refractivity (Wildman–Crippen MR) is 126 cm³/mol. The Morgan fingerprint density at radius 2 is 1.71 bits per heavy atom. The molecule has 0 unspecified atom stereocenters. The van der Waals surface area contributed by atoms with Gasteiger partial charge in [0.05, 0.1) is 11.4 Å². The number of pyridine rings is 2. The van der Waals surface area contributed by atoms with Crippen LogP contribution in [0.1, 0.15) is 58.0 Å². The second kappa shape index (κ2) is 9.44. The Labute approximate surface area is 201 Å². The summed E-state index contributed by atoms with van der Waals surface area (Å²) in [7, 11) is 0. The summed E-state index contributed by atoms with van der Waals surface area (Å²) in [5.74, 6) is 0.621. The Morgan fingerprint density at radius 1 is 0.971 bits per heavy atom. The van der Waals surface area contributed by atoms with Crippen LogP contribution in [0.4, 0.5) is 13.2 Å². The Hall–Kier alpha value is -3.81. The summed E-state index contributed by atoms with van der Waals surface area (Å²) in [4.78, 5) is 25.6. The molecular weight excluding hydrogens is 455 g/mol. The van der Waals surface area contributed by atoms with Gasteiger partial charge in [-0.3, -0.25) is 14.8 Å². The van der Waals surface area contributed by atoms with Crippen molar-refractivity contribution in [1.29, 1.82) is 0 Å². The average molecular weight is 480 g/mol. The molecule has 8 heteroatoms. The van der Waals surface area contributed by atoms with Crippen molar-refractivity contribution in [3.63, 3.8) is 0 Å². The summed E-state index contributed by atoms with van der Waals surface area (Å²) in [5.41, 5.74) is 3.95. The number of halogens is 3. The van der Waals surface area contributed by atoms with Gasteiger partial charge in [0.25, 0.3) is 0 Å². The fraction of sp³-hybridized carbons (Fsp3) is 0.259. The van der Waals surface area contributed by atoms with Crippen molar-refractivity contribution in [2.45, 2.75) is 46.2 Å². The fourth-order valence-electron chi connectivity index (χ4n) is 3.88. The van der Waals surface area contributed by atoms with Crippen LogP contribution in [-0.4, -0.2) is 20.7 Å². The standard InChI is InChI=1S/C27H24F3N3O2/c1-15-5-7-23(31-13-15)20-10-21(12-22(11-20)26-17(3)33-18(4)35-26)24(34)9-16(2)19-6-8-25(32-14-19)27(28,29)30/h5-8,10-14,16H,9H2,1-4H3/t16-/m0/s1. The molecule has 0 aliphatic rings. The number of aromatic nitrogens is 3. The topological polar surface area (TPSA) is 68.9 Å². The second-order valence-electron chi connectivity index (χ2n) is 8.67. The first-order valence-corrected chi connectivity index (χ1v) is 11.1. The van der Waals surface area contributed by atoms with E-state index in [0.29, 0.717) is 39.7 Å². The van der Waals surface area contributed by atoms with Crippen LogP contribution in [-0.2, 0) is 6.18 Å². The van der Waals surface area contributed by atoms with Crippen LogP contribution in [0.2, 0.25) is 0 Å². The molecule has 0 saturated heterocycles. The van der Waals surface area contributed by atoms with E-state index < -0.39 is 11.9 Å². The number of hydrogen-bond donors (Lipinski definition) is 0. The van der Waals surface area contributed by atoms with Crippen molar-refractivity contribution in [3.8, 4) is 22.6 Å². The molecule has 4 rings (SSSR count). The maximum Gasteiger partial charge on any atom is 0.433 e. The predicted octanol–water partition coefficient (Wildman–Crippen LogP) is 7.12. The third-order valence-corrected chi connectivity index (χ3v) is 5.77. The van der Waals surface area contributed by atoms with Crippen molar-refractivity contribution >= 4 is 5.78 Å². The Morgan fingerprint density at radius 3 is 2.29 bits per heavy atom. The Bertz CT molecular complexity index is 1360. The van der Waals surface area contributed by atoms with Gasteiger partial charge >= 0.3 is 6.18 Å². The van der Waals surface area contributed by atoms with Crippen LogP contribution in [0.3, 0.4) is 0 Å². The highest BCUT2D eigenvalue weighted by molar-refractivity contribution is 5.99. The highest BCUT2D eigenvalue weighted by Crippen LogP contribution is 2.32. The molecule has 0 bridgehead atoms. The zero-order valence-electron chi connectivity index (χ0n) is 19.8. The normalized spacial score (nSPS) is 12.5. The first-order valence-electron chi connectivity index (χ1n) is 11.1. The van der Waals surface area contributed by atoms with Gasteiger partial charge in [-0.25, -0.2) is 4.98 Å². The van der Waals surface area contributed by atoms with Gasteiger partial charge in [-0.2, -0.15) is 13.2 Å². The van der Waals surface area contributed by atoms with Gasteiger partial charge in [-0.15, -0.1) is 0 Å². The van der Waals surface area contributed by atoms with E-state index in [1.54, 1.807) is 32.2 Å². The van der Waals surface area contributed by atoms with Gasteiger partial charge in [0.2, 0.25) is 0 Å². The number of rotatable bonds is 6. The molecule has 0 aliphatic carbocycles. The van der Waals surface area contributed by atoms with Crippen molar-refractivity contribution < 1.29 is 22.4 Å². The monoisotopic (exact) mass is 479 g/mol. The molecular formula is C27H24F3N3O2. The van der Waals surface area contributed by atoms with Crippen molar-refractivity contribution in [1.82, 2.24) is 15.0 Å². The van der Waals surface area contributed by atoms with E-state index in [9.17, 15) is 18.0 Å². The van der Waals surface area contributed by atoms with Crippen LogP contribution < -0.4 is 0 Å². The molecule has 0 aliphatic heterocycles. The number of oxazole rings is 1. The summed E-state index contributed by atoms with van der Waals surface area (Å²) < 4.78 is 44.3. The molecule has 35 heavy (non-hydrogen) atoms. The van der Waals surface area contributed by atoms with Gasteiger partial charge in [-0.05, 0) is 61.2 Å². The Balaban J connectivity index is 1.67. The number of carbonyl (C=O) groups excluding carboxylic acids is 1. The van der Waals surface area contributed by atoms with E-state index in [2.05, 4.69) is 15.0 Å². The number of hydrogen-bond acceptors (Lipinski definition) is 5. The largest absolute Gasteiger partial charge is 0.441 e. The molecule has 0 fully saturated rings. The van der Waals surface area contributed by atoms with Crippen molar-refractivity contribution in [2.75, 3.05) is 0 Å². The van der Waals surface area contributed by atoms with Gasteiger partial charge in [0.1, 0.15) is 5.69 Å². The second-order valence-corrected chi connectivity index (χ2v) is 8.67. The summed E-state index contributed by atoms with van der Waals surface area (Å²) in [6, 6.07) is 11.6. The number of alkyl halides is 3. The summed E-state index contributed by atoms with van der Waals surface area (Å²) >= 11 is 0. The lowest BCUT2D eigenvalue weighted by atomic mass is 9.91. The third kappa shape index (κ3) is 5.48. The van der Waals surface area contributed by atoms with E-state index in [1.165, 1.54) is 12.3 Å². The number of nitrogens with zero attached hydrogens (tertiary/aromatic N) is 3. The summed E-state index contributed by atoms with van der Waals surface area (Å²) in [6.45, 7) is 7.33. The number of benzene rings is 1. The highest BCUT2D eigenvalue weighted by atomic mass is 19.4. The molecule has 1 atom stereocenters. The van der Waals surface area contributed by atoms with E-state index in [-0.39, 0.29) is 18.1 Å². The third-order valence-electron chi connectivity index (χ3n) is 5.77. The number of Topliss-reactive ketones (excluding diaryl/α,β-unsaturated/α-hetero) is 1. The lowest BCUT2D eigenvalue weighted by Gasteiger charge is -2.14. The van der Waals surface area contributed by atoms with E-state index in [1.807, 2.05) is 32.0 Å². The zero-order valence-corrected chi connectivity index (χ0v) is 19.8. The quantitative estimate of drug-likeness (QED) is 0.276. The minimum absolute atomic E-state index is 0.103. The minimum Gasteiger partial charge on any atom is -0.441 e. The maximum atomic E-state index is 13.3. The minimum atomic E-state index is -4.50. The van der Waals surface area contributed by atoms with E-state index in [4.69, 9.17) is 4.42 Å². The molecule has 0 spiro atoms. The highest BCUT2D eigenvalue weighted by Gasteiger charge is 2.32. The molecule has 0 radical (unpaired) electrons. The molecule has 4 aromatic rings. The summed E-state index contributed by atoms with van der Waals surface area (Å²) in [6.07, 6.45) is -1.46. The molecule has 1 aromatic carbocycles. The average Bonchev–Trinajstić information content (AvgIpc) is 3.16. The SMILES string of the molecule is Cc1ccc(-c2cc(C(=O)C[C@H](C)c3ccc(C(F)(F)F)nc3)cc(-c3oc(C)nc3C)c2)nc1. The van der Waals surface area contributed by atoms with Crippen LogP contribution >= 0.6 is 0 Å². The van der Waals surface area contributed by atoms with Crippen molar-refractivity contribution in [2.24, 2.45) is 0 Å². The molecule has 0 amide bonds. The summed E-state index contributed by atoms with van der Waals surface area (Å²) in [5, 5.41) is 0. The molecule has 180 valence electrons. The van der Waals surface area contributed by atoms with Crippen molar-refractivity contribution in [3.05, 3.63) is 88.8 Å². The number of aryl methyl sites for hydroxylation is 3. The van der Waals surface area contributed by atoms with Crippen LogP contribution in [0.5, 0.6) is 0 Å². The number of ketones is 1. The zero-order chi connectivity index (χ0) is 25.3. The molecule has 3 aromatic heterocycles. The van der Waals surface area contributed by atoms with Gasteiger partial charge < -0.3 is 4.42 Å².